The van der Waals surface area contributed by atoms with Crippen LogP contribution in [0.4, 0.5) is 0 Å². The molecule has 0 aliphatic heterocycles. The summed E-state index contributed by atoms with van der Waals surface area (Å²) in [6.45, 7) is 5.49. The molecular weight excluding hydrogens is 188 g/mol. The molecule has 0 aliphatic carbocycles. The van der Waals surface area contributed by atoms with Gasteiger partial charge in [-0.25, -0.2) is 0 Å². The lowest BCUT2D eigenvalue weighted by molar-refractivity contribution is -0.114. The molecule has 0 amide bonds. The van der Waals surface area contributed by atoms with Gasteiger partial charge in [-0.05, 0) is 6.92 Å². The van der Waals surface area contributed by atoms with Gasteiger partial charge >= 0.3 is 0 Å². The Balaban J connectivity index is 2.54. The Morgan fingerprint density at radius 3 is 2.69 bits per heavy atom. The van der Waals surface area contributed by atoms with Crippen molar-refractivity contribution < 1.29 is 9.21 Å². The molecule has 1 aromatic heterocycles. The van der Waals surface area contributed by atoms with Gasteiger partial charge in [0, 0.05) is 5.92 Å². The van der Waals surface area contributed by atoms with Crippen molar-refractivity contribution >= 4 is 17.5 Å². The summed E-state index contributed by atoms with van der Waals surface area (Å²) in [6.07, 6.45) is 0. The number of ketones is 1. The highest BCUT2D eigenvalue weighted by molar-refractivity contribution is 7.99. The van der Waals surface area contributed by atoms with E-state index in [4.69, 9.17) is 4.42 Å². The van der Waals surface area contributed by atoms with Crippen molar-refractivity contribution in [1.29, 1.82) is 0 Å². The first-order chi connectivity index (χ1) is 6.09. The van der Waals surface area contributed by atoms with Crippen LogP contribution < -0.4 is 0 Å². The Hall–Kier alpha value is -0.840. The highest BCUT2D eigenvalue weighted by atomic mass is 32.2. The van der Waals surface area contributed by atoms with Crippen molar-refractivity contribution in [2.45, 2.75) is 31.9 Å². The molecule has 5 heteroatoms. The molecule has 0 N–H and O–H groups in total. The third kappa shape index (κ3) is 3.18. The molecule has 0 radical (unpaired) electrons. The van der Waals surface area contributed by atoms with Gasteiger partial charge in [0.15, 0.2) is 0 Å². The highest BCUT2D eigenvalue weighted by Crippen LogP contribution is 2.19. The third-order valence-electron chi connectivity index (χ3n) is 1.31. The fraction of sp³-hybridized carbons (Fsp3) is 0.625. The maximum atomic E-state index is 10.6. The van der Waals surface area contributed by atoms with E-state index < -0.39 is 0 Å². The number of nitrogens with zero attached hydrogens (tertiary/aromatic N) is 2. The monoisotopic (exact) mass is 200 g/mol. The number of Topliss-reactive ketones (excluding diaryl/α,β-unsaturated/α-hetero) is 1. The Labute approximate surface area is 81.1 Å². The van der Waals surface area contributed by atoms with Crippen molar-refractivity contribution in [3.63, 3.8) is 0 Å². The summed E-state index contributed by atoms with van der Waals surface area (Å²) in [5.74, 6) is 1.35. The van der Waals surface area contributed by atoms with E-state index in [1.807, 2.05) is 13.8 Å². The number of thioether (sulfide) groups is 1. The number of aromatic nitrogens is 2. The van der Waals surface area contributed by atoms with E-state index in [2.05, 4.69) is 10.2 Å². The van der Waals surface area contributed by atoms with E-state index in [0.29, 0.717) is 16.9 Å². The summed E-state index contributed by atoms with van der Waals surface area (Å²) in [5, 5.41) is 8.12. The average molecular weight is 200 g/mol. The lowest BCUT2D eigenvalue weighted by Gasteiger charge is -1.93. The van der Waals surface area contributed by atoms with Gasteiger partial charge in [-0.2, -0.15) is 0 Å². The second-order valence-electron chi connectivity index (χ2n) is 3.05. The molecule has 1 rings (SSSR count). The molecule has 0 bridgehead atoms. The fourth-order valence-corrected chi connectivity index (χ4v) is 1.25. The van der Waals surface area contributed by atoms with Crippen LogP contribution in [0.15, 0.2) is 9.64 Å². The second-order valence-corrected chi connectivity index (χ2v) is 3.98. The van der Waals surface area contributed by atoms with Crippen molar-refractivity contribution in [3.05, 3.63) is 5.89 Å². The van der Waals surface area contributed by atoms with Crippen LogP contribution in [-0.4, -0.2) is 21.7 Å². The minimum atomic E-state index is 0.106. The van der Waals surface area contributed by atoms with Crippen LogP contribution >= 0.6 is 11.8 Å². The molecule has 72 valence electrons. The zero-order valence-corrected chi connectivity index (χ0v) is 8.72. The van der Waals surface area contributed by atoms with Gasteiger partial charge in [-0.1, -0.05) is 25.6 Å². The van der Waals surface area contributed by atoms with Crippen LogP contribution in [0, 0.1) is 0 Å². The van der Waals surface area contributed by atoms with E-state index in [1.165, 1.54) is 18.7 Å². The minimum Gasteiger partial charge on any atom is -0.416 e. The first-order valence-corrected chi connectivity index (χ1v) is 5.03. The van der Waals surface area contributed by atoms with Gasteiger partial charge < -0.3 is 4.42 Å². The Bertz CT molecular complexity index is 296. The first-order valence-electron chi connectivity index (χ1n) is 4.05. The van der Waals surface area contributed by atoms with E-state index in [-0.39, 0.29) is 11.7 Å². The van der Waals surface area contributed by atoms with Gasteiger partial charge in [-0.15, -0.1) is 10.2 Å². The summed E-state index contributed by atoms with van der Waals surface area (Å²) >= 11 is 1.28. The normalized spacial score (nSPS) is 10.8. The molecule has 1 aromatic rings. The summed E-state index contributed by atoms with van der Waals surface area (Å²) in [5.41, 5.74) is 0. The maximum absolute atomic E-state index is 10.6. The molecule has 4 nitrogen and oxygen atoms in total. The fourth-order valence-electron chi connectivity index (χ4n) is 0.675. The highest BCUT2D eigenvalue weighted by Gasteiger charge is 2.10. The standard InChI is InChI=1S/C8H12N2O2S/c1-5(2)7-9-10-8(12-7)13-4-6(3)11/h5H,4H2,1-3H3. The molecule has 0 unspecified atom stereocenters. The minimum absolute atomic E-state index is 0.106. The average Bonchev–Trinajstić information content (AvgIpc) is 2.48. The van der Waals surface area contributed by atoms with Crippen LogP contribution in [-0.2, 0) is 4.79 Å². The van der Waals surface area contributed by atoms with Crippen molar-refractivity contribution in [2.75, 3.05) is 5.75 Å². The summed E-state index contributed by atoms with van der Waals surface area (Å²) in [6, 6.07) is 0. The van der Waals surface area contributed by atoms with Gasteiger partial charge in [-0.3, -0.25) is 4.79 Å². The number of hydrogen-bond donors (Lipinski definition) is 0. The zero-order valence-electron chi connectivity index (χ0n) is 7.90. The smallest absolute Gasteiger partial charge is 0.277 e. The second kappa shape index (κ2) is 4.41. The summed E-state index contributed by atoms with van der Waals surface area (Å²) < 4.78 is 5.28. The molecule has 0 saturated carbocycles. The molecule has 13 heavy (non-hydrogen) atoms. The predicted molar refractivity (Wildman–Crippen MR) is 49.8 cm³/mol. The largest absolute Gasteiger partial charge is 0.416 e. The van der Waals surface area contributed by atoms with Crippen LogP contribution in [0.2, 0.25) is 0 Å². The Morgan fingerprint density at radius 1 is 1.54 bits per heavy atom. The summed E-state index contributed by atoms with van der Waals surface area (Å²) in [4.78, 5) is 10.6. The van der Waals surface area contributed by atoms with Crippen LogP contribution in [0.3, 0.4) is 0 Å². The van der Waals surface area contributed by atoms with Crippen molar-refractivity contribution in [1.82, 2.24) is 10.2 Å². The molecule has 0 saturated heterocycles. The van der Waals surface area contributed by atoms with Crippen molar-refractivity contribution in [2.24, 2.45) is 0 Å². The molecule has 0 atom stereocenters. The van der Waals surface area contributed by atoms with Crippen LogP contribution in [0.1, 0.15) is 32.6 Å². The van der Waals surface area contributed by atoms with Gasteiger partial charge in [0.05, 0.1) is 5.75 Å². The van der Waals surface area contributed by atoms with Gasteiger partial charge in [0.1, 0.15) is 5.78 Å². The number of hydrogen-bond acceptors (Lipinski definition) is 5. The third-order valence-corrected chi connectivity index (χ3v) is 2.28. The van der Waals surface area contributed by atoms with E-state index in [1.54, 1.807) is 0 Å². The SMILES string of the molecule is CC(=O)CSc1nnc(C(C)C)o1. The number of carbonyl (C=O) groups is 1. The molecule has 0 aliphatic rings. The van der Waals surface area contributed by atoms with Gasteiger partial charge in [0.2, 0.25) is 5.89 Å². The topological polar surface area (TPSA) is 56.0 Å². The van der Waals surface area contributed by atoms with E-state index >= 15 is 0 Å². The lowest BCUT2D eigenvalue weighted by Crippen LogP contribution is -1.92. The summed E-state index contributed by atoms with van der Waals surface area (Å²) in [7, 11) is 0. The molecule has 1 heterocycles. The quantitative estimate of drug-likeness (QED) is 0.694. The molecular formula is C8H12N2O2S. The lowest BCUT2D eigenvalue weighted by atomic mass is 10.2. The van der Waals surface area contributed by atoms with Crippen LogP contribution in [0.25, 0.3) is 0 Å². The molecule has 0 fully saturated rings. The predicted octanol–water partition coefficient (Wildman–Crippen LogP) is 1.87. The Morgan fingerprint density at radius 2 is 2.23 bits per heavy atom. The van der Waals surface area contributed by atoms with Gasteiger partial charge in [0.25, 0.3) is 5.22 Å². The first kappa shape index (κ1) is 10.2. The zero-order chi connectivity index (χ0) is 9.84. The number of carbonyl (C=O) groups excluding carboxylic acids is 1. The number of rotatable bonds is 4. The van der Waals surface area contributed by atoms with E-state index in [9.17, 15) is 4.79 Å². The van der Waals surface area contributed by atoms with Crippen LogP contribution in [0.5, 0.6) is 0 Å². The molecule has 0 spiro atoms. The van der Waals surface area contributed by atoms with Crippen molar-refractivity contribution in [3.8, 4) is 0 Å². The Kier molecular flexibility index (Phi) is 3.48. The van der Waals surface area contributed by atoms with E-state index in [0.717, 1.165) is 0 Å². The maximum Gasteiger partial charge on any atom is 0.277 e. The molecule has 0 aromatic carbocycles.